The van der Waals surface area contributed by atoms with E-state index in [1.807, 2.05) is 0 Å². The SMILES string of the molecule is COCCc1nsc(N2CCc3cc(Br)ccc32)n1. The van der Waals surface area contributed by atoms with Gasteiger partial charge in [-0.15, -0.1) is 0 Å². The summed E-state index contributed by atoms with van der Waals surface area (Å²) in [7, 11) is 1.70. The molecule has 0 radical (unpaired) electrons. The number of hydrogen-bond donors (Lipinski definition) is 0. The second-order valence-electron chi connectivity index (χ2n) is 4.41. The Bertz CT molecular complexity index is 587. The van der Waals surface area contributed by atoms with Crippen LogP contribution in [0.1, 0.15) is 11.4 Å². The summed E-state index contributed by atoms with van der Waals surface area (Å²) in [6, 6.07) is 6.40. The molecule has 100 valence electrons. The van der Waals surface area contributed by atoms with E-state index in [0.717, 1.165) is 34.8 Å². The molecule has 0 amide bonds. The highest BCUT2D eigenvalue weighted by Gasteiger charge is 2.23. The number of halogens is 1. The molecule has 0 saturated carbocycles. The Kier molecular flexibility index (Phi) is 3.81. The smallest absolute Gasteiger partial charge is 0.209 e. The van der Waals surface area contributed by atoms with Crippen molar-refractivity contribution in [1.29, 1.82) is 0 Å². The first kappa shape index (κ1) is 13.0. The number of methoxy groups -OCH3 is 1. The molecule has 1 aromatic carbocycles. The standard InChI is InChI=1S/C13H14BrN3OS/c1-18-7-5-12-15-13(19-16-12)17-6-4-9-8-10(14)2-3-11(9)17/h2-3,8H,4-7H2,1H3. The molecule has 0 N–H and O–H groups in total. The van der Waals surface area contributed by atoms with Crippen LogP contribution in [-0.4, -0.2) is 29.6 Å². The Morgan fingerprint density at radius 3 is 3.21 bits per heavy atom. The maximum Gasteiger partial charge on any atom is 0.209 e. The van der Waals surface area contributed by atoms with Crippen molar-refractivity contribution in [2.75, 3.05) is 25.2 Å². The lowest BCUT2D eigenvalue weighted by atomic mass is 10.2. The predicted octanol–water partition coefficient (Wildman–Crippen LogP) is 3.18. The molecule has 0 aliphatic carbocycles. The van der Waals surface area contributed by atoms with Crippen LogP contribution < -0.4 is 4.90 Å². The molecular weight excluding hydrogens is 326 g/mol. The first-order valence-corrected chi connectivity index (χ1v) is 7.72. The van der Waals surface area contributed by atoms with Crippen molar-refractivity contribution in [2.24, 2.45) is 0 Å². The van der Waals surface area contributed by atoms with Crippen LogP contribution in [0.25, 0.3) is 0 Å². The quantitative estimate of drug-likeness (QED) is 0.857. The van der Waals surface area contributed by atoms with Gasteiger partial charge < -0.3 is 9.64 Å². The van der Waals surface area contributed by atoms with E-state index in [9.17, 15) is 0 Å². The Labute approximate surface area is 124 Å². The van der Waals surface area contributed by atoms with Crippen molar-refractivity contribution in [1.82, 2.24) is 9.36 Å². The van der Waals surface area contributed by atoms with Crippen molar-refractivity contribution in [3.8, 4) is 0 Å². The summed E-state index contributed by atoms with van der Waals surface area (Å²) in [4.78, 5) is 6.84. The first-order chi connectivity index (χ1) is 9.28. The molecule has 0 unspecified atom stereocenters. The zero-order chi connectivity index (χ0) is 13.2. The van der Waals surface area contributed by atoms with Gasteiger partial charge in [-0.25, -0.2) is 4.98 Å². The summed E-state index contributed by atoms with van der Waals surface area (Å²) in [5, 5.41) is 0.979. The van der Waals surface area contributed by atoms with Crippen molar-refractivity contribution in [3.63, 3.8) is 0 Å². The number of benzene rings is 1. The normalized spacial score (nSPS) is 13.9. The molecule has 6 heteroatoms. The topological polar surface area (TPSA) is 38.2 Å². The van der Waals surface area contributed by atoms with E-state index in [-0.39, 0.29) is 0 Å². The minimum Gasteiger partial charge on any atom is -0.384 e. The largest absolute Gasteiger partial charge is 0.384 e. The minimum absolute atomic E-state index is 0.666. The lowest BCUT2D eigenvalue weighted by molar-refractivity contribution is 0.201. The van der Waals surface area contributed by atoms with Gasteiger partial charge in [0.1, 0.15) is 5.82 Å². The van der Waals surface area contributed by atoms with Gasteiger partial charge >= 0.3 is 0 Å². The van der Waals surface area contributed by atoms with Gasteiger partial charge in [0.05, 0.1) is 6.61 Å². The van der Waals surface area contributed by atoms with E-state index < -0.39 is 0 Å². The van der Waals surface area contributed by atoms with Crippen LogP contribution in [0.4, 0.5) is 10.8 Å². The molecule has 3 rings (SSSR count). The van der Waals surface area contributed by atoms with E-state index in [4.69, 9.17) is 4.74 Å². The number of ether oxygens (including phenoxy) is 1. The molecule has 1 aliphatic rings. The average molecular weight is 340 g/mol. The van der Waals surface area contributed by atoms with E-state index in [1.165, 1.54) is 22.8 Å². The molecule has 1 aliphatic heterocycles. The third-order valence-corrected chi connectivity index (χ3v) is 4.43. The van der Waals surface area contributed by atoms with Gasteiger partial charge in [-0.2, -0.15) is 4.37 Å². The number of hydrogen-bond acceptors (Lipinski definition) is 5. The highest BCUT2D eigenvalue weighted by Crippen LogP contribution is 2.36. The summed E-state index contributed by atoms with van der Waals surface area (Å²) >= 11 is 4.98. The van der Waals surface area contributed by atoms with Gasteiger partial charge in [-0.3, -0.25) is 0 Å². The molecule has 1 aromatic heterocycles. The molecule has 0 saturated heterocycles. The Morgan fingerprint density at radius 2 is 2.37 bits per heavy atom. The summed E-state index contributed by atoms with van der Waals surface area (Å²) in [5.74, 6) is 0.868. The number of anilines is 2. The van der Waals surface area contributed by atoms with E-state index in [0.29, 0.717) is 6.61 Å². The van der Waals surface area contributed by atoms with Crippen molar-refractivity contribution in [3.05, 3.63) is 34.1 Å². The molecule has 0 bridgehead atoms. The van der Waals surface area contributed by atoms with Gasteiger partial charge in [0.15, 0.2) is 0 Å². The third kappa shape index (κ3) is 2.66. The fourth-order valence-corrected chi connectivity index (χ4v) is 3.38. The summed E-state index contributed by atoms with van der Waals surface area (Å²) in [5.41, 5.74) is 2.61. The van der Waals surface area contributed by atoms with Gasteiger partial charge in [-0.05, 0) is 30.2 Å². The maximum absolute atomic E-state index is 5.06. The number of fused-ring (bicyclic) bond motifs is 1. The van der Waals surface area contributed by atoms with Gasteiger partial charge in [-0.1, -0.05) is 15.9 Å². The van der Waals surface area contributed by atoms with Gasteiger partial charge in [0.2, 0.25) is 5.13 Å². The van der Waals surface area contributed by atoms with E-state index in [1.54, 1.807) is 7.11 Å². The van der Waals surface area contributed by atoms with Crippen LogP contribution >= 0.6 is 27.5 Å². The van der Waals surface area contributed by atoms with Crippen LogP contribution in [0.15, 0.2) is 22.7 Å². The zero-order valence-corrected chi connectivity index (χ0v) is 13.0. The van der Waals surface area contributed by atoms with E-state index in [2.05, 4.69) is 48.4 Å². The Hall–Kier alpha value is -0.980. The fourth-order valence-electron chi connectivity index (χ4n) is 2.22. The molecule has 4 nitrogen and oxygen atoms in total. The molecule has 19 heavy (non-hydrogen) atoms. The van der Waals surface area contributed by atoms with Crippen LogP contribution in [0.5, 0.6) is 0 Å². The predicted molar refractivity (Wildman–Crippen MR) is 80.3 cm³/mol. The number of aromatic nitrogens is 2. The number of rotatable bonds is 4. The highest BCUT2D eigenvalue weighted by atomic mass is 79.9. The monoisotopic (exact) mass is 339 g/mol. The molecule has 0 fully saturated rings. The summed E-state index contributed by atoms with van der Waals surface area (Å²) in [6.07, 6.45) is 1.83. The van der Waals surface area contributed by atoms with Crippen molar-refractivity contribution < 1.29 is 4.74 Å². The Balaban J connectivity index is 1.83. The molecule has 2 aromatic rings. The van der Waals surface area contributed by atoms with Gasteiger partial charge in [0.25, 0.3) is 0 Å². The summed E-state index contributed by atoms with van der Waals surface area (Å²) < 4.78 is 10.6. The maximum atomic E-state index is 5.06. The van der Waals surface area contributed by atoms with Crippen LogP contribution in [-0.2, 0) is 17.6 Å². The molecule has 0 atom stereocenters. The van der Waals surface area contributed by atoms with Crippen molar-refractivity contribution in [2.45, 2.75) is 12.8 Å². The van der Waals surface area contributed by atoms with Crippen molar-refractivity contribution >= 4 is 38.3 Å². The average Bonchev–Trinajstić information content (AvgIpc) is 3.01. The highest BCUT2D eigenvalue weighted by molar-refractivity contribution is 9.10. The second-order valence-corrected chi connectivity index (χ2v) is 6.06. The summed E-state index contributed by atoms with van der Waals surface area (Å²) in [6.45, 7) is 1.64. The molecular formula is C13H14BrN3OS. The number of nitrogens with zero attached hydrogens (tertiary/aromatic N) is 3. The molecule has 0 spiro atoms. The fraction of sp³-hybridized carbons (Fsp3) is 0.385. The lowest BCUT2D eigenvalue weighted by Crippen LogP contribution is -2.13. The lowest BCUT2D eigenvalue weighted by Gasteiger charge is -2.14. The van der Waals surface area contributed by atoms with Crippen LogP contribution in [0.2, 0.25) is 0 Å². The van der Waals surface area contributed by atoms with Crippen LogP contribution in [0.3, 0.4) is 0 Å². The first-order valence-electron chi connectivity index (χ1n) is 6.15. The molecule has 2 heterocycles. The minimum atomic E-state index is 0.666. The van der Waals surface area contributed by atoms with Crippen LogP contribution in [0, 0.1) is 0 Å². The van der Waals surface area contributed by atoms with E-state index >= 15 is 0 Å². The Morgan fingerprint density at radius 1 is 1.47 bits per heavy atom. The second kappa shape index (κ2) is 5.56. The third-order valence-electron chi connectivity index (χ3n) is 3.16. The van der Waals surface area contributed by atoms with Gasteiger partial charge in [0, 0.05) is 41.8 Å². The zero-order valence-electron chi connectivity index (χ0n) is 10.6.